The van der Waals surface area contributed by atoms with E-state index in [1.165, 1.54) is 43.6 Å². The Bertz CT molecular complexity index is 110. The smallest absolute Gasteiger partial charge is 0.0158 e. The van der Waals surface area contributed by atoms with Gasteiger partial charge in [0.15, 0.2) is 0 Å². The van der Waals surface area contributed by atoms with Gasteiger partial charge < -0.3 is 5.73 Å². The first-order chi connectivity index (χ1) is 5.84. The van der Waals surface area contributed by atoms with Gasteiger partial charge in [0.2, 0.25) is 0 Å². The summed E-state index contributed by atoms with van der Waals surface area (Å²) < 4.78 is 0. The Morgan fingerprint density at radius 1 is 1.42 bits per heavy atom. The molecule has 0 bridgehead atoms. The lowest BCUT2D eigenvalue weighted by molar-refractivity contribution is 0.463. The monoisotopic (exact) mass is 187 g/mol. The quantitative estimate of drug-likeness (QED) is 0.670. The van der Waals surface area contributed by atoms with Crippen LogP contribution in [0.15, 0.2) is 0 Å². The third kappa shape index (κ3) is 3.36. The predicted molar refractivity (Wildman–Crippen MR) is 57.5 cm³/mol. The second kappa shape index (κ2) is 5.87. The summed E-state index contributed by atoms with van der Waals surface area (Å²) in [6.07, 6.45) is 6.87. The van der Waals surface area contributed by atoms with Gasteiger partial charge in [0.05, 0.1) is 0 Å². The Morgan fingerprint density at radius 3 is 2.67 bits per heavy atom. The van der Waals surface area contributed by atoms with E-state index in [1.807, 2.05) is 11.8 Å². The highest BCUT2D eigenvalue weighted by Crippen LogP contribution is 2.28. The predicted octanol–water partition coefficient (Wildman–Crippen LogP) is 2.65. The number of thioether (sulfide) groups is 1. The standard InChI is InChI=1S/C10H21NS/c1-2-7-12-8-10(11)9-5-3-4-6-9/h9-10H,2-8,11H2,1H3. The fraction of sp³-hybridized carbons (Fsp3) is 1.00. The first-order valence-electron chi connectivity index (χ1n) is 5.18. The largest absolute Gasteiger partial charge is 0.327 e. The second-order valence-corrected chi connectivity index (χ2v) is 4.93. The summed E-state index contributed by atoms with van der Waals surface area (Å²) in [5.74, 6) is 3.30. The van der Waals surface area contributed by atoms with E-state index in [0.29, 0.717) is 6.04 Å². The molecular weight excluding hydrogens is 166 g/mol. The number of hydrogen-bond acceptors (Lipinski definition) is 2. The molecule has 2 N–H and O–H groups in total. The highest BCUT2D eigenvalue weighted by Gasteiger charge is 2.21. The molecule has 0 aromatic heterocycles. The molecule has 1 aliphatic carbocycles. The minimum atomic E-state index is 0.476. The highest BCUT2D eigenvalue weighted by molar-refractivity contribution is 7.99. The van der Waals surface area contributed by atoms with Crippen LogP contribution in [-0.4, -0.2) is 17.5 Å². The van der Waals surface area contributed by atoms with Gasteiger partial charge >= 0.3 is 0 Å². The number of rotatable bonds is 5. The Hall–Kier alpha value is 0.310. The lowest BCUT2D eigenvalue weighted by Crippen LogP contribution is -2.30. The molecule has 1 unspecified atom stereocenters. The number of nitrogens with two attached hydrogens (primary N) is 1. The SMILES string of the molecule is CCCSCC(N)C1CCCC1. The molecule has 1 atom stereocenters. The summed E-state index contributed by atoms with van der Waals surface area (Å²) in [6, 6.07) is 0.476. The summed E-state index contributed by atoms with van der Waals surface area (Å²) in [7, 11) is 0. The Labute approximate surface area is 80.5 Å². The van der Waals surface area contributed by atoms with Crippen molar-refractivity contribution in [3.05, 3.63) is 0 Å². The fourth-order valence-corrected chi connectivity index (χ4v) is 2.89. The van der Waals surface area contributed by atoms with Crippen LogP contribution >= 0.6 is 11.8 Å². The molecule has 0 aromatic carbocycles. The van der Waals surface area contributed by atoms with Crippen LogP contribution in [0.25, 0.3) is 0 Å². The van der Waals surface area contributed by atoms with Gasteiger partial charge in [-0.25, -0.2) is 0 Å². The van der Waals surface area contributed by atoms with Crippen LogP contribution in [0.5, 0.6) is 0 Å². The van der Waals surface area contributed by atoms with Crippen molar-refractivity contribution >= 4 is 11.8 Å². The van der Waals surface area contributed by atoms with Crippen LogP contribution in [0, 0.1) is 5.92 Å². The maximum absolute atomic E-state index is 6.10. The molecule has 1 fully saturated rings. The van der Waals surface area contributed by atoms with E-state index in [9.17, 15) is 0 Å². The van der Waals surface area contributed by atoms with Gasteiger partial charge in [0.1, 0.15) is 0 Å². The first-order valence-corrected chi connectivity index (χ1v) is 6.33. The molecular formula is C10H21NS. The molecule has 1 rings (SSSR count). The molecule has 1 saturated carbocycles. The zero-order chi connectivity index (χ0) is 8.81. The van der Waals surface area contributed by atoms with Crippen LogP contribution in [0.3, 0.4) is 0 Å². The van der Waals surface area contributed by atoms with Gasteiger partial charge in [-0.2, -0.15) is 11.8 Å². The van der Waals surface area contributed by atoms with E-state index in [-0.39, 0.29) is 0 Å². The summed E-state index contributed by atoms with van der Waals surface area (Å²) >= 11 is 2.02. The van der Waals surface area contributed by atoms with Crippen molar-refractivity contribution in [3.63, 3.8) is 0 Å². The van der Waals surface area contributed by atoms with Gasteiger partial charge in [-0.1, -0.05) is 19.8 Å². The Morgan fingerprint density at radius 2 is 2.08 bits per heavy atom. The molecule has 1 aliphatic rings. The van der Waals surface area contributed by atoms with E-state index >= 15 is 0 Å². The summed E-state index contributed by atoms with van der Waals surface area (Å²) in [6.45, 7) is 2.23. The van der Waals surface area contributed by atoms with Crippen LogP contribution in [-0.2, 0) is 0 Å². The lowest BCUT2D eigenvalue weighted by Gasteiger charge is -2.17. The third-order valence-corrected chi connectivity index (χ3v) is 3.98. The Balaban J connectivity index is 2.05. The molecule has 0 aliphatic heterocycles. The highest BCUT2D eigenvalue weighted by atomic mass is 32.2. The van der Waals surface area contributed by atoms with Gasteiger partial charge in [-0.15, -0.1) is 0 Å². The van der Waals surface area contributed by atoms with E-state index in [4.69, 9.17) is 5.73 Å². The molecule has 0 amide bonds. The molecule has 0 radical (unpaired) electrons. The van der Waals surface area contributed by atoms with Crippen molar-refractivity contribution in [2.75, 3.05) is 11.5 Å². The minimum Gasteiger partial charge on any atom is -0.327 e. The van der Waals surface area contributed by atoms with E-state index in [0.717, 1.165) is 5.92 Å². The van der Waals surface area contributed by atoms with Crippen LogP contribution in [0.2, 0.25) is 0 Å². The molecule has 12 heavy (non-hydrogen) atoms. The van der Waals surface area contributed by atoms with Crippen molar-refractivity contribution in [1.29, 1.82) is 0 Å². The zero-order valence-corrected chi connectivity index (χ0v) is 8.91. The number of hydrogen-bond donors (Lipinski definition) is 1. The van der Waals surface area contributed by atoms with Crippen molar-refractivity contribution in [1.82, 2.24) is 0 Å². The van der Waals surface area contributed by atoms with E-state index < -0.39 is 0 Å². The maximum atomic E-state index is 6.10. The van der Waals surface area contributed by atoms with E-state index in [2.05, 4.69) is 6.92 Å². The van der Waals surface area contributed by atoms with Crippen molar-refractivity contribution in [2.45, 2.75) is 45.1 Å². The van der Waals surface area contributed by atoms with Crippen LogP contribution in [0.1, 0.15) is 39.0 Å². The third-order valence-electron chi connectivity index (χ3n) is 2.66. The molecule has 72 valence electrons. The minimum absolute atomic E-state index is 0.476. The van der Waals surface area contributed by atoms with Crippen molar-refractivity contribution < 1.29 is 0 Å². The van der Waals surface area contributed by atoms with Gasteiger partial charge in [-0.05, 0) is 30.9 Å². The normalized spacial score (nSPS) is 21.5. The molecule has 0 saturated heterocycles. The average molecular weight is 187 g/mol. The molecule has 0 spiro atoms. The average Bonchev–Trinajstić information content (AvgIpc) is 2.56. The lowest BCUT2D eigenvalue weighted by atomic mass is 10.0. The van der Waals surface area contributed by atoms with Gasteiger partial charge in [-0.3, -0.25) is 0 Å². The first kappa shape index (κ1) is 10.4. The molecule has 2 heteroatoms. The van der Waals surface area contributed by atoms with Crippen molar-refractivity contribution in [2.24, 2.45) is 11.7 Å². The van der Waals surface area contributed by atoms with Gasteiger partial charge in [0, 0.05) is 11.8 Å². The Kier molecular flexibility index (Phi) is 5.08. The summed E-state index contributed by atoms with van der Waals surface area (Å²) in [5.41, 5.74) is 6.10. The summed E-state index contributed by atoms with van der Waals surface area (Å²) in [5, 5.41) is 0. The summed E-state index contributed by atoms with van der Waals surface area (Å²) in [4.78, 5) is 0. The zero-order valence-electron chi connectivity index (χ0n) is 8.09. The van der Waals surface area contributed by atoms with E-state index in [1.54, 1.807) is 0 Å². The molecule has 0 heterocycles. The van der Waals surface area contributed by atoms with Gasteiger partial charge in [0.25, 0.3) is 0 Å². The molecule has 1 nitrogen and oxygen atoms in total. The van der Waals surface area contributed by atoms with Crippen LogP contribution in [0.4, 0.5) is 0 Å². The molecule has 0 aromatic rings. The fourth-order valence-electron chi connectivity index (χ4n) is 1.89. The second-order valence-electron chi connectivity index (χ2n) is 3.78. The topological polar surface area (TPSA) is 26.0 Å². The van der Waals surface area contributed by atoms with Crippen molar-refractivity contribution in [3.8, 4) is 0 Å². The maximum Gasteiger partial charge on any atom is 0.0158 e. The van der Waals surface area contributed by atoms with Crippen LogP contribution < -0.4 is 5.73 Å².